The summed E-state index contributed by atoms with van der Waals surface area (Å²) in [5, 5.41) is 4.88. The molecule has 1 aromatic heterocycles. The van der Waals surface area contributed by atoms with Gasteiger partial charge in [0.2, 0.25) is 0 Å². The van der Waals surface area contributed by atoms with E-state index in [0.29, 0.717) is 21.8 Å². The van der Waals surface area contributed by atoms with Gasteiger partial charge in [0.1, 0.15) is 15.8 Å². The van der Waals surface area contributed by atoms with Crippen molar-refractivity contribution in [1.29, 1.82) is 0 Å². The maximum atomic E-state index is 12.6. The fourth-order valence-electron chi connectivity index (χ4n) is 3.36. The van der Waals surface area contributed by atoms with E-state index in [1.807, 2.05) is 65.5 Å². The zero-order chi connectivity index (χ0) is 22.8. The van der Waals surface area contributed by atoms with Crippen molar-refractivity contribution in [3.63, 3.8) is 0 Å². The van der Waals surface area contributed by atoms with Crippen LogP contribution >= 0.6 is 24.0 Å². The molecule has 1 aliphatic rings. The van der Waals surface area contributed by atoms with Crippen LogP contribution < -0.4 is 4.74 Å². The highest BCUT2D eigenvalue weighted by Gasteiger charge is 2.29. The van der Waals surface area contributed by atoms with Crippen LogP contribution in [0.4, 0.5) is 0 Å². The van der Waals surface area contributed by atoms with Crippen LogP contribution in [0.25, 0.3) is 23.0 Å². The van der Waals surface area contributed by atoms with Crippen LogP contribution in [0.1, 0.15) is 25.0 Å². The normalized spacial score (nSPS) is 15.3. The summed E-state index contributed by atoms with van der Waals surface area (Å²) in [7, 11) is 1.70. The summed E-state index contributed by atoms with van der Waals surface area (Å²) >= 11 is 6.60. The van der Waals surface area contributed by atoms with Crippen LogP contribution in [0.15, 0.2) is 59.6 Å². The second-order valence-corrected chi connectivity index (χ2v) is 9.81. The number of likely N-dealkylation sites (N-methyl/N-ethyl adjacent to an activating group) is 1. The first-order valence-electron chi connectivity index (χ1n) is 10.4. The summed E-state index contributed by atoms with van der Waals surface area (Å²) < 4.78 is 8.28. The van der Waals surface area contributed by atoms with Crippen LogP contribution in [0.5, 0.6) is 5.75 Å². The van der Waals surface area contributed by atoms with E-state index >= 15 is 0 Å². The molecule has 0 atom stereocenters. The number of para-hydroxylation sites is 1. The van der Waals surface area contributed by atoms with Crippen molar-refractivity contribution in [1.82, 2.24) is 14.7 Å². The quantitative estimate of drug-likeness (QED) is 0.346. The van der Waals surface area contributed by atoms with E-state index in [0.717, 1.165) is 33.8 Å². The number of carbonyl (C=O) groups excluding carboxylic acids is 1. The lowest BCUT2D eigenvalue weighted by molar-refractivity contribution is -0.121. The Morgan fingerprint density at radius 3 is 2.56 bits per heavy atom. The Kier molecular flexibility index (Phi) is 6.48. The highest BCUT2D eigenvalue weighted by atomic mass is 32.2. The maximum Gasteiger partial charge on any atom is 0.265 e. The van der Waals surface area contributed by atoms with E-state index < -0.39 is 0 Å². The third-order valence-corrected chi connectivity index (χ3v) is 6.56. The summed E-state index contributed by atoms with van der Waals surface area (Å²) in [5.74, 6) is 1.21. The van der Waals surface area contributed by atoms with E-state index in [4.69, 9.17) is 22.1 Å². The molecule has 1 saturated heterocycles. The van der Waals surface area contributed by atoms with Crippen LogP contribution in [0.3, 0.4) is 0 Å². The smallest absolute Gasteiger partial charge is 0.265 e. The molecule has 4 rings (SSSR count). The number of aryl methyl sites for hydroxylation is 1. The minimum atomic E-state index is -0.0902. The van der Waals surface area contributed by atoms with Gasteiger partial charge in [0.15, 0.2) is 0 Å². The molecule has 3 aromatic rings. The highest BCUT2D eigenvalue weighted by Crippen LogP contribution is 2.35. The molecule has 2 aromatic carbocycles. The molecule has 1 fully saturated rings. The SMILES string of the molecule is Cc1cc(OCC(C)C)ccc1-c1nn(-c2ccccc2)cc1C=C1SC(=S)N(C)C1=O. The van der Waals surface area contributed by atoms with Gasteiger partial charge in [-0.3, -0.25) is 9.69 Å². The van der Waals surface area contributed by atoms with Crippen LogP contribution in [0, 0.1) is 12.8 Å². The Balaban J connectivity index is 1.78. The molecule has 32 heavy (non-hydrogen) atoms. The van der Waals surface area contributed by atoms with Crippen molar-refractivity contribution in [2.45, 2.75) is 20.8 Å². The van der Waals surface area contributed by atoms with Gasteiger partial charge in [0.25, 0.3) is 5.91 Å². The average Bonchev–Trinajstić information content (AvgIpc) is 3.30. The second-order valence-electron chi connectivity index (χ2n) is 8.14. The monoisotopic (exact) mass is 463 g/mol. The number of rotatable bonds is 6. The molecule has 0 spiro atoms. The number of nitrogens with zero attached hydrogens (tertiary/aromatic N) is 3. The molecule has 0 bridgehead atoms. The Morgan fingerprint density at radius 2 is 1.94 bits per heavy atom. The summed E-state index contributed by atoms with van der Waals surface area (Å²) in [5.41, 5.74) is 4.67. The van der Waals surface area contributed by atoms with E-state index in [9.17, 15) is 4.79 Å². The largest absolute Gasteiger partial charge is 0.493 e. The number of thiocarbonyl (C=S) groups is 1. The molecule has 1 amide bonds. The predicted molar refractivity (Wildman–Crippen MR) is 135 cm³/mol. The molecular weight excluding hydrogens is 438 g/mol. The van der Waals surface area contributed by atoms with Crippen molar-refractivity contribution in [3.8, 4) is 22.7 Å². The standard InChI is InChI=1S/C25H25N3O2S2/c1-16(2)15-30-20-10-11-21(17(3)12-20)23-18(13-22-24(29)27(4)25(31)32-22)14-28(26-23)19-8-6-5-7-9-19/h5-14,16H,15H2,1-4H3. The molecule has 0 unspecified atom stereocenters. The van der Waals surface area contributed by atoms with E-state index in [1.165, 1.54) is 16.7 Å². The second kappa shape index (κ2) is 9.30. The number of hydrogen-bond donors (Lipinski definition) is 0. The third kappa shape index (κ3) is 4.64. The maximum absolute atomic E-state index is 12.6. The fourth-order valence-corrected chi connectivity index (χ4v) is 4.53. The van der Waals surface area contributed by atoms with Gasteiger partial charge in [-0.1, -0.05) is 56.0 Å². The molecule has 164 valence electrons. The molecule has 0 radical (unpaired) electrons. The van der Waals surface area contributed by atoms with E-state index in [2.05, 4.69) is 20.8 Å². The topological polar surface area (TPSA) is 47.4 Å². The van der Waals surface area contributed by atoms with Crippen LogP contribution in [0.2, 0.25) is 0 Å². The number of thioether (sulfide) groups is 1. The van der Waals surface area contributed by atoms with Crippen molar-refractivity contribution >= 4 is 40.3 Å². The minimum Gasteiger partial charge on any atom is -0.493 e. The lowest BCUT2D eigenvalue weighted by atomic mass is 10.0. The Labute approximate surface area is 198 Å². The summed E-state index contributed by atoms with van der Waals surface area (Å²) in [6.07, 6.45) is 3.84. The first kappa shape index (κ1) is 22.3. The first-order valence-corrected chi connectivity index (χ1v) is 11.7. The van der Waals surface area contributed by atoms with Crippen LogP contribution in [-0.2, 0) is 4.79 Å². The van der Waals surface area contributed by atoms with Crippen molar-refractivity contribution in [3.05, 3.63) is 70.8 Å². The summed E-state index contributed by atoms with van der Waals surface area (Å²) in [4.78, 5) is 14.7. The number of benzene rings is 2. The number of amides is 1. The predicted octanol–water partition coefficient (Wildman–Crippen LogP) is 5.71. The van der Waals surface area contributed by atoms with Gasteiger partial charge < -0.3 is 4.74 Å². The molecule has 2 heterocycles. The lowest BCUT2D eigenvalue weighted by Crippen LogP contribution is -2.22. The van der Waals surface area contributed by atoms with Gasteiger partial charge in [-0.15, -0.1) is 0 Å². The minimum absolute atomic E-state index is 0.0902. The van der Waals surface area contributed by atoms with Gasteiger partial charge >= 0.3 is 0 Å². The zero-order valence-corrected chi connectivity index (χ0v) is 20.2. The van der Waals surface area contributed by atoms with Crippen molar-refractivity contribution in [2.24, 2.45) is 5.92 Å². The molecular formula is C25H25N3O2S2. The van der Waals surface area contributed by atoms with E-state index in [-0.39, 0.29) is 5.91 Å². The van der Waals surface area contributed by atoms with Gasteiger partial charge in [-0.05, 0) is 54.8 Å². The van der Waals surface area contributed by atoms with Crippen LogP contribution in [-0.4, -0.2) is 38.6 Å². The highest BCUT2D eigenvalue weighted by molar-refractivity contribution is 8.26. The third-order valence-electron chi connectivity index (χ3n) is 5.07. The molecule has 0 N–H and O–H groups in total. The van der Waals surface area contributed by atoms with Crippen molar-refractivity contribution < 1.29 is 9.53 Å². The van der Waals surface area contributed by atoms with Gasteiger partial charge in [-0.2, -0.15) is 5.10 Å². The summed E-state index contributed by atoms with van der Waals surface area (Å²) in [6, 6.07) is 16.0. The molecule has 0 saturated carbocycles. The first-order chi connectivity index (χ1) is 15.3. The van der Waals surface area contributed by atoms with Gasteiger partial charge in [0.05, 0.1) is 17.2 Å². The molecule has 1 aliphatic heterocycles. The van der Waals surface area contributed by atoms with Gasteiger partial charge in [-0.25, -0.2) is 4.68 Å². The average molecular weight is 464 g/mol. The molecule has 0 aliphatic carbocycles. The van der Waals surface area contributed by atoms with Gasteiger partial charge in [0, 0.05) is 24.4 Å². The number of carbonyl (C=O) groups is 1. The zero-order valence-electron chi connectivity index (χ0n) is 18.5. The molecule has 7 heteroatoms. The number of ether oxygens (including phenoxy) is 1. The lowest BCUT2D eigenvalue weighted by Gasteiger charge is -2.11. The Hall–Kier alpha value is -2.90. The Bertz CT molecular complexity index is 1200. The Morgan fingerprint density at radius 1 is 1.19 bits per heavy atom. The number of aromatic nitrogens is 2. The van der Waals surface area contributed by atoms with E-state index in [1.54, 1.807) is 7.05 Å². The fraction of sp³-hybridized carbons (Fsp3) is 0.240. The molecule has 5 nitrogen and oxygen atoms in total. The van der Waals surface area contributed by atoms with Crippen molar-refractivity contribution in [2.75, 3.05) is 13.7 Å². The number of hydrogen-bond acceptors (Lipinski definition) is 5. The summed E-state index contributed by atoms with van der Waals surface area (Å²) in [6.45, 7) is 6.98.